The first-order valence-corrected chi connectivity index (χ1v) is 14.7. The van der Waals surface area contributed by atoms with Gasteiger partial charge in [0.05, 0.1) is 0 Å². The van der Waals surface area contributed by atoms with Gasteiger partial charge < -0.3 is 9.47 Å². The number of nitrogens with zero attached hydrogens (tertiary/aromatic N) is 2. The highest BCUT2D eigenvalue weighted by Gasteiger charge is 2.18. The lowest BCUT2D eigenvalue weighted by molar-refractivity contribution is 0.0964. The fraction of sp³-hybridized carbons (Fsp3) is 0.263. The Morgan fingerprint density at radius 2 is 1.00 bits per heavy atom. The molecule has 0 atom stereocenters. The average molecular weight is 553 g/mol. The molecule has 4 nitrogen and oxygen atoms in total. The van der Waals surface area contributed by atoms with E-state index < -0.39 is 0 Å². The van der Waals surface area contributed by atoms with Crippen LogP contribution < -0.4 is 9.47 Å². The molecule has 0 aromatic heterocycles. The number of benzene rings is 4. The summed E-state index contributed by atoms with van der Waals surface area (Å²) in [4.78, 5) is 4.70. The van der Waals surface area contributed by atoms with Gasteiger partial charge in [-0.1, -0.05) is 71.5 Å². The van der Waals surface area contributed by atoms with E-state index in [1.807, 2.05) is 0 Å². The van der Waals surface area contributed by atoms with Crippen LogP contribution in [0.5, 0.6) is 11.5 Å². The lowest BCUT2D eigenvalue weighted by Crippen LogP contribution is -2.33. The Hall–Kier alpha value is -4.48. The number of rotatable bonds is 6. The van der Waals surface area contributed by atoms with Crippen LogP contribution in [0.15, 0.2) is 84.9 Å². The molecule has 0 amide bonds. The molecule has 0 bridgehead atoms. The third kappa shape index (κ3) is 7.23. The van der Waals surface area contributed by atoms with Crippen LogP contribution in [0.4, 0.5) is 0 Å². The van der Waals surface area contributed by atoms with Crippen LogP contribution in [0.3, 0.4) is 0 Å². The Morgan fingerprint density at radius 1 is 0.571 bits per heavy atom. The van der Waals surface area contributed by atoms with Crippen LogP contribution in [0.25, 0.3) is 0 Å². The molecule has 0 aliphatic carbocycles. The highest BCUT2D eigenvalue weighted by molar-refractivity contribution is 5.45. The van der Waals surface area contributed by atoms with Gasteiger partial charge >= 0.3 is 0 Å². The van der Waals surface area contributed by atoms with E-state index in [-0.39, 0.29) is 0 Å². The second-order valence-corrected chi connectivity index (χ2v) is 11.3. The van der Waals surface area contributed by atoms with Gasteiger partial charge in [0.15, 0.2) is 0 Å². The molecule has 2 aliphatic heterocycles. The van der Waals surface area contributed by atoms with Crippen molar-refractivity contribution in [2.45, 2.75) is 39.8 Å². The first-order valence-electron chi connectivity index (χ1n) is 14.7. The largest absolute Gasteiger partial charge is 0.478 e. The normalized spacial score (nSPS) is 14.2. The van der Waals surface area contributed by atoms with Gasteiger partial charge in [-0.25, -0.2) is 0 Å². The molecule has 0 saturated heterocycles. The van der Waals surface area contributed by atoms with Crippen molar-refractivity contribution in [1.29, 1.82) is 0 Å². The summed E-state index contributed by atoms with van der Waals surface area (Å²) < 4.78 is 11.9. The molecular weight excluding hydrogens is 516 g/mol. The molecule has 210 valence electrons. The lowest BCUT2D eigenvalue weighted by atomic mass is 10.1. The molecule has 0 spiro atoms. The number of ether oxygens (including phenoxy) is 2. The molecule has 2 heterocycles. The number of fused-ring (bicyclic) bond motifs is 2. The van der Waals surface area contributed by atoms with Crippen molar-refractivity contribution in [2.75, 3.05) is 26.6 Å². The summed E-state index contributed by atoms with van der Waals surface area (Å²) in [5, 5.41) is 0. The van der Waals surface area contributed by atoms with Crippen LogP contribution in [0.1, 0.15) is 44.5 Å². The van der Waals surface area contributed by atoms with Crippen molar-refractivity contribution in [2.24, 2.45) is 0 Å². The van der Waals surface area contributed by atoms with E-state index in [0.29, 0.717) is 13.5 Å². The third-order valence-electron chi connectivity index (χ3n) is 7.84. The molecule has 42 heavy (non-hydrogen) atoms. The van der Waals surface area contributed by atoms with E-state index in [4.69, 9.17) is 9.47 Å². The smallest absolute Gasteiger partial charge is 0.142 e. The highest BCUT2D eigenvalue weighted by Crippen LogP contribution is 2.27. The van der Waals surface area contributed by atoms with Crippen LogP contribution in [-0.4, -0.2) is 36.4 Å². The number of aryl methyl sites for hydroxylation is 2. The maximum absolute atomic E-state index is 5.93. The minimum absolute atomic E-state index is 0.643. The van der Waals surface area contributed by atoms with Crippen LogP contribution in [0.2, 0.25) is 0 Å². The van der Waals surface area contributed by atoms with Gasteiger partial charge in [0, 0.05) is 48.4 Å². The maximum atomic E-state index is 5.93. The van der Waals surface area contributed by atoms with Gasteiger partial charge in [0.2, 0.25) is 0 Å². The molecule has 0 saturated carbocycles. The van der Waals surface area contributed by atoms with Crippen molar-refractivity contribution in [3.63, 3.8) is 0 Å². The first-order chi connectivity index (χ1) is 20.6. The van der Waals surface area contributed by atoms with E-state index in [2.05, 4.69) is 132 Å². The van der Waals surface area contributed by atoms with Crippen LogP contribution >= 0.6 is 0 Å². The van der Waals surface area contributed by atoms with Gasteiger partial charge in [0.25, 0.3) is 0 Å². The molecule has 4 aromatic carbocycles. The van der Waals surface area contributed by atoms with Gasteiger partial charge in [0.1, 0.15) is 25.0 Å². The molecule has 6 rings (SSSR count). The standard InChI is InChI=1S/C38H36N2O2/c1-29-7-17-37-35(23-29)25-39(27-41-37)21-19-33-13-9-31(10-14-33)5-3-4-6-32-11-15-34(16-12-32)20-22-40-26-36-24-30(2)8-18-38(36)42-28-40/h7-18,23-24H,19-22,25-28H2,1-2H3. The Kier molecular flexibility index (Phi) is 8.57. The zero-order valence-electron chi connectivity index (χ0n) is 24.5. The summed E-state index contributed by atoms with van der Waals surface area (Å²) in [6, 6.07) is 29.8. The van der Waals surface area contributed by atoms with Gasteiger partial charge in [-0.2, -0.15) is 0 Å². The molecule has 0 unspecified atom stereocenters. The van der Waals surface area contributed by atoms with Crippen LogP contribution in [0, 0.1) is 37.5 Å². The molecule has 2 aliphatic rings. The molecule has 4 heteroatoms. The van der Waals surface area contributed by atoms with E-state index in [0.717, 1.165) is 61.6 Å². The Morgan fingerprint density at radius 3 is 1.43 bits per heavy atom. The van der Waals surface area contributed by atoms with Crippen molar-refractivity contribution >= 4 is 0 Å². The Bertz CT molecular complexity index is 1540. The van der Waals surface area contributed by atoms with Gasteiger partial charge in [-0.3, -0.25) is 9.80 Å². The lowest BCUT2D eigenvalue weighted by Gasteiger charge is -2.29. The van der Waals surface area contributed by atoms with Gasteiger partial charge in [-0.05, 0) is 86.1 Å². The number of hydrogen-bond donors (Lipinski definition) is 0. The highest BCUT2D eigenvalue weighted by atomic mass is 16.5. The van der Waals surface area contributed by atoms with Crippen LogP contribution in [-0.2, 0) is 25.9 Å². The average Bonchev–Trinajstić information content (AvgIpc) is 3.01. The summed E-state index contributed by atoms with van der Waals surface area (Å²) in [5.74, 6) is 14.4. The summed E-state index contributed by atoms with van der Waals surface area (Å²) >= 11 is 0. The van der Waals surface area contributed by atoms with Crippen molar-refractivity contribution < 1.29 is 9.47 Å². The third-order valence-corrected chi connectivity index (χ3v) is 7.84. The quantitative estimate of drug-likeness (QED) is 0.255. The minimum Gasteiger partial charge on any atom is -0.478 e. The molecule has 0 fully saturated rings. The molecule has 4 aromatic rings. The summed E-state index contributed by atoms with van der Waals surface area (Å²) in [6.45, 7) is 9.33. The summed E-state index contributed by atoms with van der Waals surface area (Å²) in [5.41, 5.74) is 9.65. The Balaban J connectivity index is 0.950. The van der Waals surface area contributed by atoms with Gasteiger partial charge in [-0.15, -0.1) is 0 Å². The first kappa shape index (κ1) is 27.7. The predicted molar refractivity (Wildman–Crippen MR) is 168 cm³/mol. The monoisotopic (exact) mass is 552 g/mol. The fourth-order valence-electron chi connectivity index (χ4n) is 5.42. The number of hydrogen-bond acceptors (Lipinski definition) is 4. The zero-order chi connectivity index (χ0) is 28.7. The maximum Gasteiger partial charge on any atom is 0.142 e. The van der Waals surface area contributed by atoms with E-state index in [1.165, 1.54) is 33.4 Å². The topological polar surface area (TPSA) is 24.9 Å². The van der Waals surface area contributed by atoms with Crippen molar-refractivity contribution in [1.82, 2.24) is 9.80 Å². The molecular formula is C38H36N2O2. The molecule has 0 radical (unpaired) electrons. The van der Waals surface area contributed by atoms with E-state index >= 15 is 0 Å². The summed E-state index contributed by atoms with van der Waals surface area (Å²) in [7, 11) is 0. The summed E-state index contributed by atoms with van der Waals surface area (Å²) in [6.07, 6.45) is 1.96. The second-order valence-electron chi connectivity index (χ2n) is 11.3. The Labute approximate surface area is 249 Å². The fourth-order valence-corrected chi connectivity index (χ4v) is 5.42. The predicted octanol–water partition coefficient (Wildman–Crippen LogP) is 6.50. The SMILES string of the molecule is Cc1ccc2c(c1)CN(CCc1ccc(C#CC#Cc3ccc(CCN4COc5ccc(C)cc5C4)cc3)cc1)CO2. The van der Waals surface area contributed by atoms with Crippen molar-refractivity contribution in [3.8, 4) is 35.2 Å². The van der Waals surface area contributed by atoms with Crippen molar-refractivity contribution in [3.05, 3.63) is 129 Å². The zero-order valence-corrected chi connectivity index (χ0v) is 24.5. The molecule has 0 N–H and O–H groups in total. The van der Waals surface area contributed by atoms with E-state index in [1.54, 1.807) is 0 Å². The van der Waals surface area contributed by atoms with E-state index in [9.17, 15) is 0 Å². The minimum atomic E-state index is 0.643. The second kappa shape index (κ2) is 13.0.